The first kappa shape index (κ1) is 13.9. The normalized spacial score (nSPS) is 12.0. The van der Waals surface area contributed by atoms with E-state index in [1.165, 1.54) is 18.9 Å². The standard InChI is InChI=1S/C12H16O4S/c1-8(13)12-9(15-2)5-4-6-10(12)17-7-11(14)16-3/h4-6,8,13H,7H2,1-3H3. The van der Waals surface area contributed by atoms with Gasteiger partial charge in [0.05, 0.1) is 26.1 Å². The number of hydrogen-bond acceptors (Lipinski definition) is 5. The number of rotatable bonds is 5. The highest BCUT2D eigenvalue weighted by Crippen LogP contribution is 2.34. The van der Waals surface area contributed by atoms with Crippen LogP contribution in [0.2, 0.25) is 0 Å². The number of hydrogen-bond donors (Lipinski definition) is 1. The summed E-state index contributed by atoms with van der Waals surface area (Å²) < 4.78 is 9.77. The van der Waals surface area contributed by atoms with Gasteiger partial charge in [0.1, 0.15) is 5.75 Å². The van der Waals surface area contributed by atoms with Crippen molar-refractivity contribution in [2.75, 3.05) is 20.0 Å². The summed E-state index contributed by atoms with van der Waals surface area (Å²) in [5, 5.41) is 9.73. The van der Waals surface area contributed by atoms with E-state index in [1.807, 2.05) is 12.1 Å². The predicted molar refractivity (Wildman–Crippen MR) is 66.4 cm³/mol. The largest absolute Gasteiger partial charge is 0.496 e. The molecule has 0 aromatic heterocycles. The topological polar surface area (TPSA) is 55.8 Å². The maximum atomic E-state index is 11.1. The zero-order valence-corrected chi connectivity index (χ0v) is 10.9. The minimum Gasteiger partial charge on any atom is -0.496 e. The summed E-state index contributed by atoms with van der Waals surface area (Å²) in [4.78, 5) is 11.9. The van der Waals surface area contributed by atoms with Crippen LogP contribution in [0.15, 0.2) is 23.1 Å². The second kappa shape index (κ2) is 6.51. The SMILES string of the molecule is COC(=O)CSc1cccc(OC)c1C(C)O. The van der Waals surface area contributed by atoms with Crippen LogP contribution in [-0.4, -0.2) is 31.0 Å². The van der Waals surface area contributed by atoms with Crippen LogP contribution in [0.4, 0.5) is 0 Å². The molecule has 0 radical (unpaired) electrons. The van der Waals surface area contributed by atoms with Gasteiger partial charge >= 0.3 is 5.97 Å². The molecule has 1 rings (SSSR count). The minimum atomic E-state index is -0.647. The van der Waals surface area contributed by atoms with Crippen LogP contribution in [0.1, 0.15) is 18.6 Å². The Bertz CT molecular complexity index is 390. The lowest BCUT2D eigenvalue weighted by atomic mass is 10.1. The van der Waals surface area contributed by atoms with Gasteiger partial charge in [-0.2, -0.15) is 0 Å². The molecule has 0 saturated heterocycles. The molecular weight excluding hydrogens is 240 g/mol. The van der Waals surface area contributed by atoms with Gasteiger partial charge in [0.15, 0.2) is 0 Å². The molecule has 94 valence electrons. The molecule has 0 bridgehead atoms. The summed E-state index contributed by atoms with van der Waals surface area (Å²) >= 11 is 1.32. The van der Waals surface area contributed by atoms with E-state index >= 15 is 0 Å². The molecule has 0 amide bonds. The number of aliphatic hydroxyl groups excluding tert-OH is 1. The highest BCUT2D eigenvalue weighted by molar-refractivity contribution is 8.00. The van der Waals surface area contributed by atoms with E-state index in [4.69, 9.17) is 4.74 Å². The summed E-state index contributed by atoms with van der Waals surface area (Å²) in [6.07, 6.45) is -0.647. The first-order chi connectivity index (χ1) is 8.10. The zero-order valence-electron chi connectivity index (χ0n) is 10.1. The Hall–Kier alpha value is -1.20. The lowest BCUT2D eigenvalue weighted by Gasteiger charge is -2.15. The molecule has 1 atom stereocenters. The number of benzene rings is 1. The smallest absolute Gasteiger partial charge is 0.315 e. The van der Waals surface area contributed by atoms with Crippen molar-refractivity contribution < 1.29 is 19.4 Å². The van der Waals surface area contributed by atoms with E-state index in [0.717, 1.165) is 4.90 Å². The lowest BCUT2D eigenvalue weighted by Crippen LogP contribution is -2.05. The maximum Gasteiger partial charge on any atom is 0.315 e. The Kier molecular flexibility index (Phi) is 5.31. The molecule has 0 heterocycles. The molecule has 1 N–H and O–H groups in total. The maximum absolute atomic E-state index is 11.1. The molecule has 0 saturated carbocycles. The molecule has 0 aliphatic heterocycles. The molecule has 5 heteroatoms. The second-order valence-electron chi connectivity index (χ2n) is 3.41. The summed E-state index contributed by atoms with van der Waals surface area (Å²) in [5.74, 6) is 0.535. The van der Waals surface area contributed by atoms with Gasteiger partial charge in [-0.15, -0.1) is 11.8 Å². The molecule has 1 aromatic rings. The average molecular weight is 256 g/mol. The van der Waals surface area contributed by atoms with Crippen molar-refractivity contribution in [3.8, 4) is 5.75 Å². The van der Waals surface area contributed by atoms with Gasteiger partial charge in [-0.3, -0.25) is 4.79 Å². The molecule has 0 fully saturated rings. The highest BCUT2D eigenvalue weighted by atomic mass is 32.2. The average Bonchev–Trinajstić information content (AvgIpc) is 2.34. The Labute approximate surface area is 105 Å². The lowest BCUT2D eigenvalue weighted by molar-refractivity contribution is -0.137. The molecular formula is C12H16O4S. The Morgan fingerprint density at radius 1 is 1.47 bits per heavy atom. The first-order valence-corrected chi connectivity index (χ1v) is 6.13. The van der Waals surface area contributed by atoms with E-state index < -0.39 is 6.10 Å². The molecule has 0 aliphatic rings. The minimum absolute atomic E-state index is 0.212. The van der Waals surface area contributed by atoms with Crippen molar-refractivity contribution in [1.29, 1.82) is 0 Å². The number of carbonyl (C=O) groups excluding carboxylic acids is 1. The summed E-state index contributed by atoms with van der Waals surface area (Å²) in [7, 11) is 2.90. The molecule has 17 heavy (non-hydrogen) atoms. The van der Waals surface area contributed by atoms with Crippen molar-refractivity contribution in [3.05, 3.63) is 23.8 Å². The van der Waals surface area contributed by atoms with Crippen molar-refractivity contribution in [3.63, 3.8) is 0 Å². The van der Waals surface area contributed by atoms with Crippen molar-refractivity contribution >= 4 is 17.7 Å². The van der Waals surface area contributed by atoms with Crippen LogP contribution >= 0.6 is 11.8 Å². The molecule has 4 nitrogen and oxygen atoms in total. The van der Waals surface area contributed by atoms with E-state index in [0.29, 0.717) is 11.3 Å². The second-order valence-corrected chi connectivity index (χ2v) is 4.43. The van der Waals surface area contributed by atoms with Crippen LogP contribution < -0.4 is 4.74 Å². The Morgan fingerprint density at radius 2 is 2.18 bits per heavy atom. The third-order valence-corrected chi connectivity index (χ3v) is 3.28. The Balaban J connectivity index is 2.94. The van der Waals surface area contributed by atoms with Gasteiger partial charge in [-0.1, -0.05) is 6.07 Å². The highest BCUT2D eigenvalue weighted by Gasteiger charge is 2.15. The van der Waals surface area contributed by atoms with Gasteiger partial charge < -0.3 is 14.6 Å². The third kappa shape index (κ3) is 3.64. The number of carbonyl (C=O) groups is 1. The molecule has 0 aliphatic carbocycles. The number of ether oxygens (including phenoxy) is 2. The van der Waals surface area contributed by atoms with Crippen LogP contribution in [0.5, 0.6) is 5.75 Å². The van der Waals surface area contributed by atoms with E-state index in [-0.39, 0.29) is 11.7 Å². The van der Waals surface area contributed by atoms with Crippen molar-refractivity contribution in [1.82, 2.24) is 0 Å². The third-order valence-electron chi connectivity index (χ3n) is 2.24. The van der Waals surface area contributed by atoms with Gasteiger partial charge in [0.2, 0.25) is 0 Å². The quantitative estimate of drug-likeness (QED) is 0.645. The van der Waals surface area contributed by atoms with Crippen molar-refractivity contribution in [2.45, 2.75) is 17.9 Å². The fourth-order valence-electron chi connectivity index (χ4n) is 1.44. The van der Waals surface area contributed by atoms with Crippen LogP contribution in [0.25, 0.3) is 0 Å². The fraction of sp³-hybridized carbons (Fsp3) is 0.417. The van der Waals surface area contributed by atoms with Crippen LogP contribution in [0, 0.1) is 0 Å². The Morgan fingerprint density at radius 3 is 2.71 bits per heavy atom. The fourth-order valence-corrected chi connectivity index (χ4v) is 2.43. The number of esters is 1. The van der Waals surface area contributed by atoms with E-state index in [9.17, 15) is 9.90 Å². The number of methoxy groups -OCH3 is 2. The monoisotopic (exact) mass is 256 g/mol. The molecule has 0 spiro atoms. The van der Waals surface area contributed by atoms with Crippen LogP contribution in [-0.2, 0) is 9.53 Å². The molecule has 1 aromatic carbocycles. The van der Waals surface area contributed by atoms with E-state index in [1.54, 1.807) is 20.1 Å². The first-order valence-electron chi connectivity index (χ1n) is 5.14. The van der Waals surface area contributed by atoms with Gasteiger partial charge in [-0.05, 0) is 19.1 Å². The summed E-state index contributed by atoms with van der Waals surface area (Å²) in [5.41, 5.74) is 0.698. The summed E-state index contributed by atoms with van der Waals surface area (Å²) in [6.45, 7) is 1.67. The van der Waals surface area contributed by atoms with Gasteiger partial charge in [0.25, 0.3) is 0 Å². The van der Waals surface area contributed by atoms with E-state index in [2.05, 4.69) is 4.74 Å². The van der Waals surface area contributed by atoms with Gasteiger partial charge in [0, 0.05) is 10.5 Å². The van der Waals surface area contributed by atoms with Gasteiger partial charge in [-0.25, -0.2) is 0 Å². The zero-order chi connectivity index (χ0) is 12.8. The number of aliphatic hydroxyl groups is 1. The van der Waals surface area contributed by atoms with Crippen LogP contribution in [0.3, 0.4) is 0 Å². The predicted octanol–water partition coefficient (Wildman–Crippen LogP) is 2.01. The van der Waals surface area contributed by atoms with Crippen molar-refractivity contribution in [2.24, 2.45) is 0 Å². The molecule has 1 unspecified atom stereocenters. The number of thioether (sulfide) groups is 1. The summed E-state index contributed by atoms with van der Waals surface area (Å²) in [6, 6.07) is 5.45.